The van der Waals surface area contributed by atoms with Crippen molar-refractivity contribution < 1.29 is 9.59 Å². The first-order valence-electron chi connectivity index (χ1n) is 7.56. The molecule has 0 atom stereocenters. The van der Waals surface area contributed by atoms with E-state index in [4.69, 9.17) is 0 Å². The molecule has 0 heterocycles. The summed E-state index contributed by atoms with van der Waals surface area (Å²) in [5.41, 5.74) is 2.41. The molecule has 1 fully saturated rings. The number of unbranched alkanes of at least 4 members (excludes halogenated alkanes) is 1. The van der Waals surface area contributed by atoms with E-state index >= 15 is 0 Å². The monoisotopic (exact) mass is 289 g/mol. The second-order valence-electron chi connectivity index (χ2n) is 5.53. The van der Waals surface area contributed by atoms with Crippen molar-refractivity contribution in [3.63, 3.8) is 0 Å². The van der Waals surface area contributed by atoms with Gasteiger partial charge in [0.25, 0.3) is 0 Å². The summed E-state index contributed by atoms with van der Waals surface area (Å²) in [6, 6.07) is 5.34. The van der Waals surface area contributed by atoms with Crippen LogP contribution in [0.3, 0.4) is 0 Å². The number of aryl methyl sites for hydroxylation is 1. The summed E-state index contributed by atoms with van der Waals surface area (Å²) in [6.45, 7) is 4.67. The van der Waals surface area contributed by atoms with Crippen molar-refractivity contribution in [3.8, 4) is 0 Å². The Morgan fingerprint density at radius 2 is 2.00 bits per heavy atom. The molecule has 1 aliphatic carbocycles. The van der Waals surface area contributed by atoms with E-state index in [2.05, 4.69) is 22.9 Å². The number of benzene rings is 1. The third-order valence-electron chi connectivity index (χ3n) is 3.52. The maximum absolute atomic E-state index is 11.8. The van der Waals surface area contributed by atoms with Crippen LogP contribution in [0.15, 0.2) is 18.2 Å². The van der Waals surface area contributed by atoms with Crippen LogP contribution in [0.1, 0.15) is 38.2 Å². The van der Waals surface area contributed by atoms with Gasteiger partial charge in [0.2, 0.25) is 5.91 Å². The lowest BCUT2D eigenvalue weighted by atomic mass is 10.1. The smallest absolute Gasteiger partial charge is 0.319 e. The minimum atomic E-state index is -0.211. The summed E-state index contributed by atoms with van der Waals surface area (Å²) < 4.78 is 0. The van der Waals surface area contributed by atoms with Gasteiger partial charge in [-0.05, 0) is 43.9 Å². The van der Waals surface area contributed by atoms with Crippen molar-refractivity contribution in [2.75, 3.05) is 17.2 Å². The highest BCUT2D eigenvalue weighted by Gasteiger charge is 2.29. The Balaban J connectivity index is 1.94. The minimum absolute atomic E-state index is 0.0669. The Kier molecular flexibility index (Phi) is 5.20. The average molecular weight is 289 g/mol. The van der Waals surface area contributed by atoms with E-state index in [9.17, 15) is 9.59 Å². The van der Waals surface area contributed by atoms with E-state index < -0.39 is 0 Å². The lowest BCUT2D eigenvalue weighted by molar-refractivity contribution is -0.117. The SMILES string of the molecule is CCCCNC(=O)Nc1cc(NC(=O)C2CC2)ccc1C. The number of carbonyl (C=O) groups excluding carboxylic acids is 2. The molecule has 1 aliphatic rings. The summed E-state index contributed by atoms with van der Waals surface area (Å²) in [7, 11) is 0. The fourth-order valence-corrected chi connectivity index (χ4v) is 1.97. The molecule has 0 spiro atoms. The highest BCUT2D eigenvalue weighted by molar-refractivity contribution is 5.96. The van der Waals surface area contributed by atoms with Crippen LogP contribution in [-0.4, -0.2) is 18.5 Å². The van der Waals surface area contributed by atoms with Crippen LogP contribution in [0, 0.1) is 12.8 Å². The average Bonchev–Trinajstić information content (AvgIpc) is 3.27. The molecule has 3 N–H and O–H groups in total. The van der Waals surface area contributed by atoms with Gasteiger partial charge < -0.3 is 16.0 Å². The van der Waals surface area contributed by atoms with E-state index in [1.807, 2.05) is 19.1 Å². The van der Waals surface area contributed by atoms with E-state index in [0.29, 0.717) is 6.54 Å². The number of carbonyl (C=O) groups is 2. The molecule has 5 heteroatoms. The molecule has 0 aliphatic heterocycles. The molecule has 1 aromatic rings. The first-order chi connectivity index (χ1) is 10.1. The maximum atomic E-state index is 11.8. The van der Waals surface area contributed by atoms with Crippen LogP contribution < -0.4 is 16.0 Å². The molecule has 2 rings (SSSR count). The molecule has 3 amide bonds. The molecular formula is C16H23N3O2. The molecule has 1 aromatic carbocycles. The largest absolute Gasteiger partial charge is 0.338 e. The Morgan fingerprint density at radius 1 is 1.24 bits per heavy atom. The van der Waals surface area contributed by atoms with Crippen LogP contribution >= 0.6 is 0 Å². The third-order valence-corrected chi connectivity index (χ3v) is 3.52. The van der Waals surface area contributed by atoms with Gasteiger partial charge in [-0.25, -0.2) is 4.79 Å². The Hall–Kier alpha value is -2.04. The van der Waals surface area contributed by atoms with E-state index in [1.54, 1.807) is 6.07 Å². The molecule has 0 bridgehead atoms. The fourth-order valence-electron chi connectivity index (χ4n) is 1.97. The van der Waals surface area contributed by atoms with Gasteiger partial charge in [0.15, 0.2) is 0 Å². The number of nitrogens with one attached hydrogen (secondary N) is 3. The highest BCUT2D eigenvalue weighted by Crippen LogP contribution is 2.30. The van der Waals surface area contributed by atoms with Gasteiger partial charge in [-0.3, -0.25) is 4.79 Å². The van der Waals surface area contributed by atoms with Crippen LogP contribution in [0.5, 0.6) is 0 Å². The Morgan fingerprint density at radius 3 is 2.67 bits per heavy atom. The number of anilines is 2. The second kappa shape index (κ2) is 7.11. The molecule has 0 aromatic heterocycles. The van der Waals surface area contributed by atoms with Gasteiger partial charge in [-0.2, -0.15) is 0 Å². The van der Waals surface area contributed by atoms with E-state index in [0.717, 1.165) is 42.6 Å². The normalized spacial score (nSPS) is 13.6. The minimum Gasteiger partial charge on any atom is -0.338 e. The Bertz CT molecular complexity index is 524. The van der Waals surface area contributed by atoms with Gasteiger partial charge in [-0.15, -0.1) is 0 Å². The molecule has 0 saturated heterocycles. The Labute approximate surface area is 125 Å². The number of hydrogen-bond donors (Lipinski definition) is 3. The second-order valence-corrected chi connectivity index (χ2v) is 5.53. The quantitative estimate of drug-likeness (QED) is 0.703. The lowest BCUT2D eigenvalue weighted by Gasteiger charge is -2.12. The third kappa shape index (κ3) is 4.77. The number of amides is 3. The summed E-state index contributed by atoms with van der Waals surface area (Å²) in [5.74, 6) is 0.234. The predicted molar refractivity (Wildman–Crippen MR) is 84.5 cm³/mol. The van der Waals surface area contributed by atoms with Crippen LogP contribution in [0.2, 0.25) is 0 Å². The van der Waals surface area contributed by atoms with Crippen molar-refractivity contribution in [3.05, 3.63) is 23.8 Å². The number of hydrogen-bond acceptors (Lipinski definition) is 2. The standard InChI is InChI=1S/C16H23N3O2/c1-3-4-9-17-16(21)19-14-10-13(8-5-11(14)2)18-15(20)12-6-7-12/h5,8,10,12H,3-4,6-7,9H2,1-2H3,(H,18,20)(H2,17,19,21). The first-order valence-corrected chi connectivity index (χ1v) is 7.56. The summed E-state index contributed by atoms with van der Waals surface area (Å²) >= 11 is 0. The van der Waals surface area contributed by atoms with Gasteiger partial charge in [0.05, 0.1) is 0 Å². The van der Waals surface area contributed by atoms with E-state index in [-0.39, 0.29) is 17.9 Å². The summed E-state index contributed by atoms with van der Waals surface area (Å²) in [4.78, 5) is 23.5. The van der Waals surface area contributed by atoms with Gasteiger partial charge in [-0.1, -0.05) is 19.4 Å². The maximum Gasteiger partial charge on any atom is 0.319 e. The topological polar surface area (TPSA) is 70.2 Å². The van der Waals surface area contributed by atoms with Crippen molar-refractivity contribution in [1.29, 1.82) is 0 Å². The zero-order chi connectivity index (χ0) is 15.2. The van der Waals surface area contributed by atoms with Crippen molar-refractivity contribution in [2.45, 2.75) is 39.5 Å². The molecular weight excluding hydrogens is 266 g/mol. The van der Waals surface area contributed by atoms with Crippen LogP contribution in [0.25, 0.3) is 0 Å². The molecule has 0 radical (unpaired) electrons. The van der Waals surface area contributed by atoms with Crippen molar-refractivity contribution >= 4 is 23.3 Å². The first kappa shape index (κ1) is 15.4. The zero-order valence-electron chi connectivity index (χ0n) is 12.7. The van der Waals surface area contributed by atoms with Crippen molar-refractivity contribution in [1.82, 2.24) is 5.32 Å². The lowest BCUT2D eigenvalue weighted by Crippen LogP contribution is -2.29. The molecule has 21 heavy (non-hydrogen) atoms. The summed E-state index contributed by atoms with van der Waals surface area (Å²) in [5, 5.41) is 8.52. The van der Waals surface area contributed by atoms with Gasteiger partial charge in [0, 0.05) is 23.8 Å². The fraction of sp³-hybridized carbons (Fsp3) is 0.500. The van der Waals surface area contributed by atoms with Crippen LogP contribution in [-0.2, 0) is 4.79 Å². The van der Waals surface area contributed by atoms with Crippen molar-refractivity contribution in [2.24, 2.45) is 5.92 Å². The molecule has 0 unspecified atom stereocenters. The van der Waals surface area contributed by atoms with Gasteiger partial charge in [0.1, 0.15) is 0 Å². The number of rotatable bonds is 6. The molecule has 5 nitrogen and oxygen atoms in total. The zero-order valence-corrected chi connectivity index (χ0v) is 12.7. The molecule has 114 valence electrons. The highest BCUT2D eigenvalue weighted by atomic mass is 16.2. The summed E-state index contributed by atoms with van der Waals surface area (Å²) in [6.07, 6.45) is 3.96. The van der Waals surface area contributed by atoms with Crippen LogP contribution in [0.4, 0.5) is 16.2 Å². The van der Waals surface area contributed by atoms with E-state index in [1.165, 1.54) is 0 Å². The predicted octanol–water partition coefficient (Wildman–Crippen LogP) is 3.27. The number of urea groups is 1. The van der Waals surface area contributed by atoms with Gasteiger partial charge >= 0.3 is 6.03 Å². The molecule has 1 saturated carbocycles.